The number of aromatic nitrogens is 1. The topological polar surface area (TPSA) is 69.0 Å². The van der Waals surface area contributed by atoms with Crippen LogP contribution in [0.3, 0.4) is 0 Å². The van der Waals surface area contributed by atoms with Crippen molar-refractivity contribution in [3.8, 4) is 6.07 Å². The number of nitriles is 1. The molecule has 1 atom stereocenters. The highest BCUT2D eigenvalue weighted by Crippen LogP contribution is 2.24. The summed E-state index contributed by atoms with van der Waals surface area (Å²) >= 11 is 0. The van der Waals surface area contributed by atoms with E-state index in [0.29, 0.717) is 29.2 Å². The van der Waals surface area contributed by atoms with E-state index in [4.69, 9.17) is 5.26 Å². The van der Waals surface area contributed by atoms with Gasteiger partial charge in [-0.15, -0.1) is 0 Å². The van der Waals surface area contributed by atoms with E-state index in [9.17, 15) is 4.79 Å². The van der Waals surface area contributed by atoms with Crippen LogP contribution in [0.5, 0.6) is 0 Å². The number of rotatable bonds is 7. The largest absolute Gasteiger partial charge is 0.324 e. The predicted octanol–water partition coefficient (Wildman–Crippen LogP) is 5.25. The fourth-order valence-corrected chi connectivity index (χ4v) is 4.31. The van der Waals surface area contributed by atoms with Gasteiger partial charge in [-0.3, -0.25) is 9.69 Å². The zero-order valence-electron chi connectivity index (χ0n) is 18.2. The van der Waals surface area contributed by atoms with E-state index >= 15 is 0 Å². The second-order valence-electron chi connectivity index (χ2n) is 8.35. The summed E-state index contributed by atoms with van der Waals surface area (Å²) in [5.41, 5.74) is 2.90. The first-order valence-electron chi connectivity index (χ1n) is 11.2. The fourth-order valence-electron chi connectivity index (χ4n) is 4.31. The lowest BCUT2D eigenvalue weighted by atomic mass is 9.93. The fraction of sp³-hybridized carbons (Fsp3) is 0.296. The van der Waals surface area contributed by atoms with Crippen LogP contribution in [0.2, 0.25) is 0 Å². The number of carbonyl (C=O) groups excluding carboxylic acids is 1. The van der Waals surface area contributed by atoms with Gasteiger partial charge in [0.1, 0.15) is 11.8 Å². The molecule has 0 spiro atoms. The Morgan fingerprint density at radius 2 is 2.03 bits per heavy atom. The average molecular weight is 425 g/mol. The van der Waals surface area contributed by atoms with Crippen molar-refractivity contribution in [2.75, 3.05) is 25.0 Å². The summed E-state index contributed by atoms with van der Waals surface area (Å²) in [6, 6.07) is 21.6. The zero-order valence-corrected chi connectivity index (χ0v) is 18.2. The quantitative estimate of drug-likeness (QED) is 0.562. The summed E-state index contributed by atoms with van der Waals surface area (Å²) in [6.45, 7) is 3.10. The first-order valence-corrected chi connectivity index (χ1v) is 11.2. The number of benzene rings is 2. The Balaban J connectivity index is 1.28. The van der Waals surface area contributed by atoms with Gasteiger partial charge in [0.15, 0.2) is 0 Å². The second kappa shape index (κ2) is 10.7. The zero-order chi connectivity index (χ0) is 22.2. The van der Waals surface area contributed by atoms with Crippen molar-refractivity contribution >= 4 is 28.6 Å². The van der Waals surface area contributed by atoms with Gasteiger partial charge in [0, 0.05) is 24.9 Å². The van der Waals surface area contributed by atoms with Gasteiger partial charge in [-0.05, 0) is 55.5 Å². The van der Waals surface area contributed by atoms with Crippen LogP contribution < -0.4 is 5.32 Å². The van der Waals surface area contributed by atoms with Crippen molar-refractivity contribution < 1.29 is 4.79 Å². The lowest BCUT2D eigenvalue weighted by Gasteiger charge is -2.31. The summed E-state index contributed by atoms with van der Waals surface area (Å²) in [4.78, 5) is 19.5. The second-order valence-corrected chi connectivity index (χ2v) is 8.35. The monoisotopic (exact) mass is 424 g/mol. The van der Waals surface area contributed by atoms with Gasteiger partial charge in [0.25, 0.3) is 0 Å². The maximum absolute atomic E-state index is 12.6. The third kappa shape index (κ3) is 5.81. The van der Waals surface area contributed by atoms with Gasteiger partial charge in [0.2, 0.25) is 5.91 Å². The molecule has 1 aliphatic rings. The number of nitrogens with one attached hydrogen (secondary N) is 1. The van der Waals surface area contributed by atoms with Crippen LogP contribution in [0.4, 0.5) is 5.69 Å². The lowest BCUT2D eigenvalue weighted by Crippen LogP contribution is -2.35. The molecule has 5 nitrogen and oxygen atoms in total. The van der Waals surface area contributed by atoms with E-state index in [2.05, 4.69) is 57.7 Å². The van der Waals surface area contributed by atoms with Crippen molar-refractivity contribution in [1.82, 2.24) is 9.88 Å². The minimum atomic E-state index is 0.00255. The van der Waals surface area contributed by atoms with Crippen LogP contribution in [0.15, 0.2) is 66.7 Å². The number of hydrogen-bond acceptors (Lipinski definition) is 4. The van der Waals surface area contributed by atoms with Crippen LogP contribution in [0.25, 0.3) is 17.0 Å². The number of piperidine rings is 1. The van der Waals surface area contributed by atoms with E-state index in [1.54, 1.807) is 6.07 Å². The van der Waals surface area contributed by atoms with Crippen molar-refractivity contribution in [2.45, 2.75) is 25.7 Å². The number of para-hydroxylation sites is 1. The summed E-state index contributed by atoms with van der Waals surface area (Å²) in [5.74, 6) is 0.540. The van der Waals surface area contributed by atoms with Crippen LogP contribution >= 0.6 is 0 Å². The number of fused-ring (bicyclic) bond motifs is 1. The first kappa shape index (κ1) is 21.7. The lowest BCUT2D eigenvalue weighted by molar-refractivity contribution is -0.116. The molecule has 5 heteroatoms. The molecular weight excluding hydrogens is 396 g/mol. The third-order valence-electron chi connectivity index (χ3n) is 5.97. The van der Waals surface area contributed by atoms with Crippen molar-refractivity contribution in [2.24, 2.45) is 5.92 Å². The number of hydrogen-bond donors (Lipinski definition) is 1. The highest BCUT2D eigenvalue weighted by Gasteiger charge is 2.20. The van der Waals surface area contributed by atoms with E-state index in [1.165, 1.54) is 18.4 Å². The molecule has 3 aromatic rings. The van der Waals surface area contributed by atoms with Gasteiger partial charge in [-0.2, -0.15) is 5.26 Å². The number of pyridine rings is 1. The Hall–Kier alpha value is -3.49. The highest BCUT2D eigenvalue weighted by atomic mass is 16.1. The number of carbonyl (C=O) groups is 1. The first-order chi connectivity index (χ1) is 15.7. The maximum atomic E-state index is 12.6. The molecule has 0 saturated carbocycles. The molecule has 0 radical (unpaired) electrons. The van der Waals surface area contributed by atoms with Gasteiger partial charge < -0.3 is 5.32 Å². The number of amides is 1. The molecule has 2 aromatic carbocycles. The van der Waals surface area contributed by atoms with Gasteiger partial charge in [0.05, 0.1) is 11.2 Å². The molecule has 1 fully saturated rings. The Morgan fingerprint density at radius 1 is 1.16 bits per heavy atom. The van der Waals surface area contributed by atoms with Crippen LogP contribution in [0.1, 0.15) is 36.9 Å². The van der Waals surface area contributed by atoms with Crippen molar-refractivity contribution in [1.29, 1.82) is 5.26 Å². The van der Waals surface area contributed by atoms with E-state index in [1.807, 2.05) is 30.3 Å². The van der Waals surface area contributed by atoms with Crippen LogP contribution in [-0.4, -0.2) is 35.4 Å². The SMILES string of the molecule is N#Cc1ccc2cccc(NC(=O)CCC3CCCN(C/C=C/c4ccccc4)C3)c2n1. The smallest absolute Gasteiger partial charge is 0.224 e. The van der Waals surface area contributed by atoms with Gasteiger partial charge in [-0.1, -0.05) is 54.6 Å². The van der Waals surface area contributed by atoms with Gasteiger partial charge in [-0.25, -0.2) is 4.98 Å². The molecule has 1 aromatic heterocycles. The summed E-state index contributed by atoms with van der Waals surface area (Å²) in [7, 11) is 0. The molecule has 2 heterocycles. The molecule has 1 unspecified atom stereocenters. The standard InChI is InChI=1S/C27H28N4O/c28-19-24-15-14-23-11-4-12-25(27(23)29-24)30-26(32)16-13-22-10-6-18-31(20-22)17-5-9-21-7-2-1-3-8-21/h1-5,7-9,11-12,14-15,22H,6,10,13,16-18,20H2,(H,30,32)/b9-5+. The Morgan fingerprint density at radius 3 is 2.88 bits per heavy atom. The molecule has 1 saturated heterocycles. The molecule has 0 bridgehead atoms. The van der Waals surface area contributed by atoms with Crippen molar-refractivity contribution in [3.05, 3.63) is 78.0 Å². The molecule has 4 rings (SSSR count). The molecule has 1 N–H and O–H groups in total. The summed E-state index contributed by atoms with van der Waals surface area (Å²) in [5, 5.41) is 13.0. The van der Waals surface area contributed by atoms with E-state index in [0.717, 1.165) is 31.4 Å². The normalized spacial score (nSPS) is 16.8. The van der Waals surface area contributed by atoms with Crippen molar-refractivity contribution in [3.63, 3.8) is 0 Å². The molecular formula is C27H28N4O. The Labute approximate surface area is 189 Å². The Kier molecular flexibility index (Phi) is 7.27. The predicted molar refractivity (Wildman–Crippen MR) is 129 cm³/mol. The van der Waals surface area contributed by atoms with Gasteiger partial charge >= 0.3 is 0 Å². The van der Waals surface area contributed by atoms with E-state index in [-0.39, 0.29) is 5.91 Å². The molecule has 1 aliphatic heterocycles. The minimum absolute atomic E-state index is 0.00255. The van der Waals surface area contributed by atoms with Crippen LogP contribution in [0, 0.1) is 17.2 Å². The summed E-state index contributed by atoms with van der Waals surface area (Å²) < 4.78 is 0. The van der Waals surface area contributed by atoms with E-state index < -0.39 is 0 Å². The number of likely N-dealkylation sites (tertiary alicyclic amines) is 1. The highest BCUT2D eigenvalue weighted by molar-refractivity contribution is 6.00. The number of anilines is 1. The Bertz CT molecular complexity index is 1130. The molecule has 0 aliphatic carbocycles. The third-order valence-corrected chi connectivity index (χ3v) is 5.97. The van der Waals surface area contributed by atoms with Crippen LogP contribution in [-0.2, 0) is 4.79 Å². The molecule has 1 amide bonds. The molecule has 32 heavy (non-hydrogen) atoms. The maximum Gasteiger partial charge on any atom is 0.224 e. The summed E-state index contributed by atoms with van der Waals surface area (Å²) in [6.07, 6.45) is 8.13. The minimum Gasteiger partial charge on any atom is -0.324 e. The average Bonchev–Trinajstić information content (AvgIpc) is 2.84. The number of nitrogens with zero attached hydrogens (tertiary/aromatic N) is 3. The molecule has 162 valence electrons.